The van der Waals surface area contributed by atoms with E-state index in [1.807, 2.05) is 13.2 Å². The Morgan fingerprint density at radius 1 is 1.41 bits per heavy atom. The average Bonchev–Trinajstić information content (AvgIpc) is 3.26. The Labute approximate surface area is 155 Å². The van der Waals surface area contributed by atoms with Crippen LogP contribution < -0.4 is 5.32 Å². The number of halogens is 1. The number of nitrogens with one attached hydrogen (secondary N) is 2. The fraction of sp³-hybridized carbons (Fsp3) is 0.316. The van der Waals surface area contributed by atoms with Crippen LogP contribution in [0.3, 0.4) is 0 Å². The summed E-state index contributed by atoms with van der Waals surface area (Å²) in [4.78, 5) is 12.9. The van der Waals surface area contributed by atoms with E-state index in [1.54, 1.807) is 23.0 Å². The summed E-state index contributed by atoms with van der Waals surface area (Å²) in [5.41, 5.74) is 2.24. The molecule has 4 rings (SSSR count). The number of hydrogen-bond donors (Lipinski definition) is 3. The van der Waals surface area contributed by atoms with E-state index in [9.17, 15) is 14.3 Å². The van der Waals surface area contributed by atoms with Crippen molar-refractivity contribution >= 4 is 5.91 Å². The zero-order chi connectivity index (χ0) is 19.0. The molecule has 2 aromatic heterocycles. The predicted octanol–water partition coefficient (Wildman–Crippen LogP) is 2.19. The first kappa shape index (κ1) is 17.4. The van der Waals surface area contributed by atoms with Gasteiger partial charge in [0.2, 0.25) is 0 Å². The highest BCUT2D eigenvalue weighted by Crippen LogP contribution is 2.38. The summed E-state index contributed by atoms with van der Waals surface area (Å²) in [5.74, 6) is -0.555. The molecule has 0 spiro atoms. The molecule has 8 heteroatoms. The normalized spacial score (nSPS) is 20.1. The van der Waals surface area contributed by atoms with Crippen molar-refractivity contribution in [2.24, 2.45) is 13.0 Å². The number of aliphatic hydroxyl groups is 1. The molecule has 0 unspecified atom stereocenters. The summed E-state index contributed by atoms with van der Waals surface area (Å²) in [6.45, 7) is 0. The van der Waals surface area contributed by atoms with E-state index in [4.69, 9.17) is 0 Å². The van der Waals surface area contributed by atoms with Crippen LogP contribution in [0.25, 0.3) is 11.3 Å². The van der Waals surface area contributed by atoms with Crippen molar-refractivity contribution in [3.05, 3.63) is 59.8 Å². The van der Waals surface area contributed by atoms with Crippen molar-refractivity contribution in [2.45, 2.75) is 25.0 Å². The number of aliphatic hydroxyl groups excluding tert-OH is 1. The topological polar surface area (TPSA) is 95.8 Å². The van der Waals surface area contributed by atoms with Crippen LogP contribution in [0.1, 0.15) is 34.8 Å². The molecule has 7 nitrogen and oxygen atoms in total. The minimum absolute atomic E-state index is 0.137. The van der Waals surface area contributed by atoms with E-state index in [2.05, 4.69) is 20.6 Å². The van der Waals surface area contributed by atoms with E-state index in [-0.39, 0.29) is 29.8 Å². The maximum atomic E-state index is 13.6. The van der Waals surface area contributed by atoms with Gasteiger partial charge in [-0.3, -0.25) is 14.6 Å². The number of nitrogens with zero attached hydrogens (tertiary/aromatic N) is 3. The second kappa shape index (κ2) is 6.96. The fourth-order valence-corrected chi connectivity index (χ4v) is 3.52. The molecule has 140 valence electrons. The van der Waals surface area contributed by atoms with Gasteiger partial charge in [0.1, 0.15) is 5.82 Å². The van der Waals surface area contributed by atoms with Crippen LogP contribution in [0.5, 0.6) is 0 Å². The molecule has 1 amide bonds. The molecule has 1 fully saturated rings. The van der Waals surface area contributed by atoms with Gasteiger partial charge >= 0.3 is 0 Å². The highest BCUT2D eigenvalue weighted by atomic mass is 19.1. The third-order valence-corrected chi connectivity index (χ3v) is 4.99. The highest BCUT2D eigenvalue weighted by Gasteiger charge is 2.36. The van der Waals surface area contributed by atoms with Crippen molar-refractivity contribution in [2.75, 3.05) is 0 Å². The highest BCUT2D eigenvalue weighted by molar-refractivity contribution is 6.00. The average molecular weight is 369 g/mol. The number of rotatable bonds is 5. The smallest absolute Gasteiger partial charge is 0.255 e. The first-order valence-corrected chi connectivity index (χ1v) is 8.78. The largest absolute Gasteiger partial charge is 0.393 e. The summed E-state index contributed by atoms with van der Waals surface area (Å²) < 4.78 is 15.2. The van der Waals surface area contributed by atoms with Gasteiger partial charge in [-0.15, -0.1) is 0 Å². The lowest BCUT2D eigenvalue weighted by atomic mass is 9.75. The minimum atomic E-state index is -0.384. The van der Waals surface area contributed by atoms with Crippen molar-refractivity contribution in [1.29, 1.82) is 0 Å². The Kier molecular flexibility index (Phi) is 4.49. The van der Waals surface area contributed by atoms with Crippen molar-refractivity contribution in [1.82, 2.24) is 25.3 Å². The quantitative estimate of drug-likeness (QED) is 0.642. The summed E-state index contributed by atoms with van der Waals surface area (Å²) in [6.07, 6.45) is 5.94. The first-order valence-electron chi connectivity index (χ1n) is 8.78. The van der Waals surface area contributed by atoms with Gasteiger partial charge in [0, 0.05) is 24.4 Å². The van der Waals surface area contributed by atoms with Crippen LogP contribution in [-0.4, -0.2) is 37.1 Å². The molecule has 1 aliphatic carbocycles. The van der Waals surface area contributed by atoms with Crippen LogP contribution in [-0.2, 0) is 7.05 Å². The van der Waals surface area contributed by atoms with E-state index in [0.29, 0.717) is 29.7 Å². The lowest BCUT2D eigenvalue weighted by Crippen LogP contribution is -2.41. The van der Waals surface area contributed by atoms with Crippen molar-refractivity contribution < 1.29 is 14.3 Å². The molecular formula is C19H20FN5O2. The molecule has 2 heterocycles. The van der Waals surface area contributed by atoms with Gasteiger partial charge < -0.3 is 10.4 Å². The molecule has 1 aliphatic rings. The van der Waals surface area contributed by atoms with Gasteiger partial charge in [-0.25, -0.2) is 4.39 Å². The van der Waals surface area contributed by atoms with Crippen LogP contribution in [0.15, 0.2) is 42.9 Å². The molecule has 3 aromatic rings. The van der Waals surface area contributed by atoms with Gasteiger partial charge in [-0.05, 0) is 30.9 Å². The lowest BCUT2D eigenvalue weighted by Gasteiger charge is -2.37. The standard InChI is InChI=1S/C19H20FN5O2/c1-25-10-13(8-22-25)17(12-6-15(26)7-12)23-19(27)16-9-21-24-18(16)11-3-2-4-14(20)5-11/h2-5,8-10,12,15,17,26H,6-7H2,1H3,(H,21,24)(H,23,27)/t12?,15?,17-/m0/s1. The zero-order valence-corrected chi connectivity index (χ0v) is 14.8. The fourth-order valence-electron chi connectivity index (χ4n) is 3.52. The van der Waals surface area contributed by atoms with Gasteiger partial charge in [0.05, 0.1) is 35.8 Å². The Hall–Kier alpha value is -3.00. The summed E-state index contributed by atoms with van der Waals surface area (Å²) in [7, 11) is 1.82. The Morgan fingerprint density at radius 2 is 2.22 bits per heavy atom. The number of aryl methyl sites for hydroxylation is 1. The predicted molar refractivity (Wildman–Crippen MR) is 96.1 cm³/mol. The molecule has 0 bridgehead atoms. The third kappa shape index (κ3) is 3.48. The monoisotopic (exact) mass is 369 g/mol. The van der Waals surface area contributed by atoms with E-state index in [1.165, 1.54) is 18.3 Å². The van der Waals surface area contributed by atoms with Crippen LogP contribution in [0, 0.1) is 11.7 Å². The van der Waals surface area contributed by atoms with E-state index < -0.39 is 0 Å². The van der Waals surface area contributed by atoms with E-state index in [0.717, 1.165) is 5.56 Å². The molecule has 0 radical (unpaired) electrons. The third-order valence-electron chi connectivity index (χ3n) is 4.99. The number of H-pyrrole nitrogens is 1. The molecule has 0 saturated heterocycles. The maximum absolute atomic E-state index is 13.6. The molecule has 3 N–H and O–H groups in total. The first-order chi connectivity index (χ1) is 13.0. The van der Waals surface area contributed by atoms with E-state index >= 15 is 0 Å². The second-order valence-corrected chi connectivity index (χ2v) is 6.95. The minimum Gasteiger partial charge on any atom is -0.393 e. The summed E-state index contributed by atoms with van der Waals surface area (Å²) >= 11 is 0. The Balaban J connectivity index is 1.60. The molecule has 0 aliphatic heterocycles. The summed E-state index contributed by atoms with van der Waals surface area (Å²) in [6, 6.07) is 5.74. The molecule has 27 heavy (non-hydrogen) atoms. The van der Waals surface area contributed by atoms with Crippen molar-refractivity contribution in [3.8, 4) is 11.3 Å². The number of amides is 1. The van der Waals surface area contributed by atoms with Crippen LogP contribution >= 0.6 is 0 Å². The lowest BCUT2D eigenvalue weighted by molar-refractivity contribution is 0.0235. The second-order valence-electron chi connectivity index (χ2n) is 6.95. The Morgan fingerprint density at radius 3 is 2.89 bits per heavy atom. The molecular weight excluding hydrogens is 349 g/mol. The van der Waals surface area contributed by atoms with Gasteiger partial charge in [0.25, 0.3) is 5.91 Å². The maximum Gasteiger partial charge on any atom is 0.255 e. The number of benzene rings is 1. The van der Waals surface area contributed by atoms with Crippen LogP contribution in [0.2, 0.25) is 0 Å². The number of carbonyl (C=O) groups is 1. The Bertz CT molecular complexity index is 960. The summed E-state index contributed by atoms with van der Waals surface area (Å²) in [5, 5.41) is 23.6. The number of carbonyl (C=O) groups excluding carboxylic acids is 1. The number of aromatic amines is 1. The number of hydrogen-bond acceptors (Lipinski definition) is 4. The SMILES string of the molecule is Cn1cc([C@@H](NC(=O)c2cn[nH]c2-c2cccc(F)c2)C2CC(O)C2)cn1. The molecule has 1 aromatic carbocycles. The van der Waals surface area contributed by atoms with Crippen LogP contribution in [0.4, 0.5) is 4.39 Å². The van der Waals surface area contributed by atoms with Gasteiger partial charge in [0.15, 0.2) is 0 Å². The van der Waals surface area contributed by atoms with Crippen molar-refractivity contribution in [3.63, 3.8) is 0 Å². The molecule has 1 atom stereocenters. The number of aromatic nitrogens is 4. The molecule has 1 saturated carbocycles. The van der Waals surface area contributed by atoms with Gasteiger partial charge in [-0.2, -0.15) is 10.2 Å². The van der Waals surface area contributed by atoms with Gasteiger partial charge in [-0.1, -0.05) is 12.1 Å². The zero-order valence-electron chi connectivity index (χ0n) is 14.8.